The summed E-state index contributed by atoms with van der Waals surface area (Å²) in [4.78, 5) is 24.8. The molecule has 2 rings (SSSR count). The van der Waals surface area contributed by atoms with Crippen molar-refractivity contribution in [1.82, 2.24) is 4.90 Å². The first-order chi connectivity index (χ1) is 9.54. The number of phenolic OH excluding ortho intramolecular Hbond substituents is 1. The molecular formula is C13H15NO4S2. The maximum Gasteiger partial charge on any atom is 0.327 e. The fraction of sp³-hybridized carbons (Fsp3) is 0.385. The second kappa shape index (κ2) is 6.41. The van der Waals surface area contributed by atoms with Gasteiger partial charge in [0.15, 0.2) is 0 Å². The molecule has 2 N–H and O–H groups in total. The van der Waals surface area contributed by atoms with Crippen LogP contribution in [0.15, 0.2) is 24.3 Å². The maximum absolute atomic E-state index is 12.2. The number of thioether (sulfide) groups is 1. The Kier molecular flexibility index (Phi) is 4.82. The predicted molar refractivity (Wildman–Crippen MR) is 80.0 cm³/mol. The highest BCUT2D eigenvalue weighted by Gasteiger charge is 2.41. The van der Waals surface area contributed by atoms with Gasteiger partial charge >= 0.3 is 5.97 Å². The summed E-state index contributed by atoms with van der Waals surface area (Å²) in [6.07, 6.45) is 0.197. The minimum Gasteiger partial charge on any atom is -0.508 e. The third kappa shape index (κ3) is 3.04. The molecule has 1 aromatic rings. The van der Waals surface area contributed by atoms with Crippen molar-refractivity contribution in [2.24, 2.45) is 0 Å². The van der Waals surface area contributed by atoms with Crippen molar-refractivity contribution in [3.8, 4) is 5.75 Å². The average Bonchev–Trinajstić information content (AvgIpc) is 2.83. The molecule has 20 heavy (non-hydrogen) atoms. The van der Waals surface area contributed by atoms with Crippen LogP contribution >= 0.6 is 24.4 Å². The van der Waals surface area contributed by atoms with Crippen LogP contribution in [0.4, 0.5) is 0 Å². The second-order valence-corrected chi connectivity index (χ2v) is 5.97. The summed E-state index contributed by atoms with van der Waals surface area (Å²) in [5, 5.41) is 18.4. The first-order valence-corrected chi connectivity index (χ1v) is 7.78. The number of carboxylic acid groups (broad SMARTS) is 1. The Hall–Kier alpha value is -1.34. The molecule has 0 radical (unpaired) electrons. The van der Waals surface area contributed by atoms with E-state index in [0.717, 1.165) is 5.56 Å². The number of aliphatic carboxylic acids is 1. The molecule has 7 heteroatoms. The van der Waals surface area contributed by atoms with Gasteiger partial charge in [-0.25, -0.2) is 4.79 Å². The van der Waals surface area contributed by atoms with E-state index < -0.39 is 12.0 Å². The Bertz CT molecular complexity index is 523. The highest BCUT2D eigenvalue weighted by Crippen LogP contribution is 2.42. The quantitative estimate of drug-likeness (QED) is 0.738. The highest BCUT2D eigenvalue weighted by atomic mass is 32.2. The summed E-state index contributed by atoms with van der Waals surface area (Å²) >= 11 is 5.42. The van der Waals surface area contributed by atoms with E-state index in [2.05, 4.69) is 12.6 Å². The Morgan fingerprint density at radius 2 is 2.20 bits per heavy atom. The first kappa shape index (κ1) is 15.1. The molecule has 1 aliphatic rings. The zero-order chi connectivity index (χ0) is 14.7. The standard InChI is InChI=1S/C13H15NO4S2/c15-9-3-1-2-8(6-9)12-14(11(16)4-5-19)10(7-20-12)13(17)18/h1-3,6,10,12,15,19H,4-5,7H2,(H,17,18)/t10-,12?/m0/s1. The van der Waals surface area contributed by atoms with E-state index in [1.54, 1.807) is 18.2 Å². The summed E-state index contributed by atoms with van der Waals surface area (Å²) in [6, 6.07) is 5.73. The van der Waals surface area contributed by atoms with E-state index in [0.29, 0.717) is 11.5 Å². The predicted octanol–water partition coefficient (Wildman–Crippen LogP) is 1.74. The molecule has 1 heterocycles. The molecule has 1 fully saturated rings. The number of thiol groups is 1. The van der Waals surface area contributed by atoms with E-state index in [9.17, 15) is 19.8 Å². The Morgan fingerprint density at radius 3 is 2.80 bits per heavy atom. The van der Waals surface area contributed by atoms with Crippen molar-refractivity contribution in [3.63, 3.8) is 0 Å². The number of hydrogen-bond donors (Lipinski definition) is 3. The van der Waals surface area contributed by atoms with Crippen molar-refractivity contribution in [1.29, 1.82) is 0 Å². The van der Waals surface area contributed by atoms with Crippen LogP contribution in [-0.2, 0) is 9.59 Å². The lowest BCUT2D eigenvalue weighted by atomic mass is 10.1. The van der Waals surface area contributed by atoms with E-state index >= 15 is 0 Å². The van der Waals surface area contributed by atoms with Gasteiger partial charge in [0.25, 0.3) is 0 Å². The van der Waals surface area contributed by atoms with Crippen molar-refractivity contribution >= 4 is 36.3 Å². The van der Waals surface area contributed by atoms with Crippen molar-refractivity contribution in [3.05, 3.63) is 29.8 Å². The van der Waals surface area contributed by atoms with Crippen molar-refractivity contribution in [2.75, 3.05) is 11.5 Å². The normalized spacial score (nSPS) is 21.9. The van der Waals surface area contributed by atoms with Gasteiger partial charge in [0.1, 0.15) is 17.2 Å². The topological polar surface area (TPSA) is 77.8 Å². The summed E-state index contributed by atoms with van der Waals surface area (Å²) < 4.78 is 0. The van der Waals surface area contributed by atoms with E-state index in [1.165, 1.54) is 22.7 Å². The van der Waals surface area contributed by atoms with Crippen LogP contribution in [0.3, 0.4) is 0 Å². The van der Waals surface area contributed by atoms with Gasteiger partial charge in [-0.1, -0.05) is 12.1 Å². The zero-order valence-electron chi connectivity index (χ0n) is 10.6. The number of rotatable bonds is 4. The minimum atomic E-state index is -1.01. The number of phenols is 1. The van der Waals surface area contributed by atoms with Gasteiger partial charge in [0.05, 0.1) is 0 Å². The Balaban J connectivity index is 2.31. The van der Waals surface area contributed by atoms with E-state index in [-0.39, 0.29) is 23.5 Å². The molecule has 2 atom stereocenters. The molecule has 1 aromatic carbocycles. The minimum absolute atomic E-state index is 0.100. The highest BCUT2D eigenvalue weighted by molar-refractivity contribution is 7.99. The van der Waals surface area contributed by atoms with Crippen LogP contribution in [0.2, 0.25) is 0 Å². The SMILES string of the molecule is O=C(O)[C@@H]1CSC(c2cccc(O)c2)N1C(=O)CCS. The van der Waals surface area contributed by atoms with Crippen LogP contribution in [-0.4, -0.2) is 44.5 Å². The summed E-state index contributed by atoms with van der Waals surface area (Å²) in [6.45, 7) is 0. The first-order valence-electron chi connectivity index (χ1n) is 6.10. The number of benzene rings is 1. The van der Waals surface area contributed by atoms with Gasteiger partial charge in [-0.05, 0) is 23.4 Å². The number of amides is 1. The van der Waals surface area contributed by atoms with Crippen molar-refractivity contribution < 1.29 is 19.8 Å². The summed E-state index contributed by atoms with van der Waals surface area (Å²) in [7, 11) is 0. The number of carbonyl (C=O) groups excluding carboxylic acids is 1. The molecule has 0 bridgehead atoms. The van der Waals surface area contributed by atoms with Gasteiger partial charge in [-0.2, -0.15) is 12.6 Å². The monoisotopic (exact) mass is 313 g/mol. The third-order valence-electron chi connectivity index (χ3n) is 3.05. The van der Waals surface area contributed by atoms with E-state index in [4.69, 9.17) is 0 Å². The van der Waals surface area contributed by atoms with Gasteiger partial charge in [0, 0.05) is 12.2 Å². The van der Waals surface area contributed by atoms with Crippen LogP contribution in [0, 0.1) is 0 Å². The third-order valence-corrected chi connectivity index (χ3v) is 4.60. The molecule has 0 spiro atoms. The molecule has 1 aliphatic heterocycles. The molecular weight excluding hydrogens is 298 g/mol. The maximum atomic E-state index is 12.2. The van der Waals surface area contributed by atoms with Crippen LogP contribution in [0.25, 0.3) is 0 Å². The van der Waals surface area contributed by atoms with Gasteiger partial charge in [-0.15, -0.1) is 11.8 Å². The van der Waals surface area contributed by atoms with Gasteiger partial charge < -0.3 is 15.1 Å². The average molecular weight is 313 g/mol. The second-order valence-electron chi connectivity index (χ2n) is 4.41. The molecule has 1 amide bonds. The Morgan fingerprint density at radius 1 is 1.45 bits per heavy atom. The molecule has 5 nitrogen and oxygen atoms in total. The zero-order valence-corrected chi connectivity index (χ0v) is 12.3. The molecule has 0 saturated carbocycles. The molecule has 0 aromatic heterocycles. The number of carboxylic acids is 1. The van der Waals surface area contributed by atoms with Gasteiger partial charge in [0.2, 0.25) is 5.91 Å². The van der Waals surface area contributed by atoms with Crippen LogP contribution in [0.1, 0.15) is 17.4 Å². The smallest absolute Gasteiger partial charge is 0.327 e. The number of nitrogens with zero attached hydrogens (tertiary/aromatic N) is 1. The fourth-order valence-electron chi connectivity index (χ4n) is 2.16. The molecule has 0 aliphatic carbocycles. The Labute approximate surface area is 126 Å². The molecule has 1 unspecified atom stereocenters. The van der Waals surface area contributed by atoms with E-state index in [1.807, 2.05) is 0 Å². The number of carbonyl (C=O) groups is 2. The fourth-order valence-corrected chi connectivity index (χ4v) is 3.78. The number of aromatic hydroxyl groups is 1. The molecule has 1 saturated heterocycles. The van der Waals surface area contributed by atoms with Crippen molar-refractivity contribution in [2.45, 2.75) is 17.8 Å². The summed E-state index contributed by atoms with van der Waals surface area (Å²) in [5.41, 5.74) is 0.728. The summed E-state index contributed by atoms with van der Waals surface area (Å²) in [5.74, 6) is -0.422. The lowest BCUT2D eigenvalue weighted by Gasteiger charge is -2.27. The van der Waals surface area contributed by atoms with Crippen LogP contribution < -0.4 is 0 Å². The lowest BCUT2D eigenvalue weighted by Crippen LogP contribution is -2.43. The molecule has 108 valence electrons. The van der Waals surface area contributed by atoms with Gasteiger partial charge in [-0.3, -0.25) is 4.79 Å². The number of hydrogen-bond acceptors (Lipinski definition) is 5. The van der Waals surface area contributed by atoms with Crippen LogP contribution in [0.5, 0.6) is 5.75 Å². The lowest BCUT2D eigenvalue weighted by molar-refractivity contribution is -0.149. The largest absolute Gasteiger partial charge is 0.508 e.